The van der Waals surface area contributed by atoms with E-state index in [2.05, 4.69) is 25.7 Å². The van der Waals surface area contributed by atoms with Gasteiger partial charge in [-0.25, -0.2) is 9.59 Å². The van der Waals surface area contributed by atoms with Crippen molar-refractivity contribution in [2.45, 2.75) is 84.5 Å². The Balaban J connectivity index is 1.41. The van der Waals surface area contributed by atoms with Crippen molar-refractivity contribution >= 4 is 23.9 Å². The van der Waals surface area contributed by atoms with Crippen molar-refractivity contribution in [2.24, 2.45) is 10.8 Å². The molecule has 5 rings (SSSR count). The number of carbonyl (C=O) groups is 4. The highest BCUT2D eigenvalue weighted by Crippen LogP contribution is 2.32. The molecule has 2 heterocycles. The molecule has 0 spiro atoms. The number of benzene rings is 3. The summed E-state index contributed by atoms with van der Waals surface area (Å²) in [5.41, 5.74) is 3.41. The van der Waals surface area contributed by atoms with Crippen LogP contribution < -0.4 is 20.7 Å². The van der Waals surface area contributed by atoms with Gasteiger partial charge in [0.05, 0.1) is 32.1 Å². The number of hydrogen-bond acceptors (Lipinski definition) is 8. The molecule has 13 nitrogen and oxygen atoms in total. The molecule has 4 atom stereocenters. The number of aromatic nitrogens is 1. The second-order valence-electron chi connectivity index (χ2n) is 17.6. The molecule has 1 fully saturated rings. The van der Waals surface area contributed by atoms with Crippen LogP contribution >= 0.6 is 0 Å². The summed E-state index contributed by atoms with van der Waals surface area (Å²) in [6, 6.07) is 29.4. The van der Waals surface area contributed by atoms with Gasteiger partial charge < -0.3 is 40.3 Å². The minimum atomic E-state index is -1.10. The van der Waals surface area contributed by atoms with Gasteiger partial charge in [-0.2, -0.15) is 0 Å². The summed E-state index contributed by atoms with van der Waals surface area (Å²) in [6.45, 7) is 11.1. The van der Waals surface area contributed by atoms with Gasteiger partial charge in [0.2, 0.25) is 11.8 Å². The van der Waals surface area contributed by atoms with Crippen LogP contribution in [0.4, 0.5) is 9.59 Å². The Kier molecular flexibility index (Phi) is 15.9. The van der Waals surface area contributed by atoms with E-state index in [-0.39, 0.29) is 43.8 Å². The molecule has 1 aliphatic rings. The zero-order valence-electron chi connectivity index (χ0n) is 36.5. The number of nitrogens with zero attached hydrogens (tertiary/aromatic N) is 3. The first-order valence-electron chi connectivity index (χ1n) is 20.9. The van der Waals surface area contributed by atoms with E-state index in [9.17, 15) is 24.3 Å². The van der Waals surface area contributed by atoms with Crippen LogP contribution in [-0.2, 0) is 27.3 Å². The average molecular weight is 835 g/mol. The van der Waals surface area contributed by atoms with Crippen molar-refractivity contribution in [1.29, 1.82) is 0 Å². The fourth-order valence-corrected chi connectivity index (χ4v) is 7.92. The third-order valence-electron chi connectivity index (χ3n) is 11.1. The lowest BCUT2D eigenvalue weighted by Gasteiger charge is -2.39. The molecule has 3 aromatic carbocycles. The van der Waals surface area contributed by atoms with Crippen molar-refractivity contribution in [3.63, 3.8) is 0 Å². The number of methoxy groups -OCH3 is 2. The van der Waals surface area contributed by atoms with Crippen LogP contribution in [0.15, 0.2) is 103 Å². The number of rotatable bonds is 19. The van der Waals surface area contributed by atoms with Crippen LogP contribution in [0.1, 0.15) is 70.1 Å². The van der Waals surface area contributed by atoms with Gasteiger partial charge in [-0.3, -0.25) is 14.6 Å². The van der Waals surface area contributed by atoms with E-state index in [1.165, 1.54) is 7.11 Å². The summed E-state index contributed by atoms with van der Waals surface area (Å²) in [4.78, 5) is 61.6. The minimum absolute atomic E-state index is 0.125. The van der Waals surface area contributed by atoms with E-state index in [0.29, 0.717) is 31.8 Å². The fraction of sp³-hybridized carbons (Fsp3) is 0.438. The predicted molar refractivity (Wildman–Crippen MR) is 236 cm³/mol. The molecule has 4 aromatic rings. The largest absolute Gasteiger partial charge is 0.497 e. The molecule has 5 amide bonds. The summed E-state index contributed by atoms with van der Waals surface area (Å²) in [5.74, 6) is -0.315. The molecular formula is C48H62N6O7. The van der Waals surface area contributed by atoms with E-state index in [1.807, 2.05) is 132 Å². The van der Waals surface area contributed by atoms with Crippen molar-refractivity contribution < 1.29 is 33.8 Å². The van der Waals surface area contributed by atoms with Crippen LogP contribution in [0.5, 0.6) is 5.75 Å². The van der Waals surface area contributed by atoms with E-state index < -0.39 is 41.0 Å². The molecule has 1 aromatic heterocycles. The number of hydrogen-bond donors (Lipinski definition) is 4. The van der Waals surface area contributed by atoms with Gasteiger partial charge in [0.25, 0.3) is 0 Å². The smallest absolute Gasteiger partial charge is 0.406 e. The van der Waals surface area contributed by atoms with E-state index >= 15 is 0 Å². The minimum Gasteiger partial charge on any atom is -0.497 e. The first kappa shape index (κ1) is 46.1. The quantitative estimate of drug-likeness (QED) is 0.0826. The number of nitrogens with one attached hydrogen (secondary N) is 3. The number of ether oxygens (including phenoxy) is 2. The number of amides is 5. The standard InChI is InChI=1S/C48H62N6O7/c1-47(2,3)43(54-27-26-53(46(54)59)31-34-14-13-17-37(28-34)60-6)44(57)52-42(40(55)23-25-50-41(56)30-48(4,5)32-51-45(58)61-7)38(35-15-9-8-10-16-35)29-33-19-21-36(22-20-33)39-18-11-12-24-49-39/h8-22,24,28,38,40,42-43,55H,23,25-27,29-32H2,1-7H3,(H,50,56)(H,51,58)(H,52,57). The van der Waals surface area contributed by atoms with E-state index in [1.54, 1.807) is 23.1 Å². The van der Waals surface area contributed by atoms with Gasteiger partial charge in [-0.1, -0.05) is 107 Å². The Morgan fingerprint density at radius 1 is 0.852 bits per heavy atom. The molecule has 326 valence electrons. The molecule has 1 aliphatic heterocycles. The van der Waals surface area contributed by atoms with Gasteiger partial charge in [0.15, 0.2) is 0 Å². The Morgan fingerprint density at radius 2 is 1.57 bits per heavy atom. The SMILES string of the molecule is COC(=O)NCC(C)(C)CC(=O)NCCC(O)C(NC(=O)C(N1CCN(Cc2cccc(OC)c2)C1=O)C(C)(C)C)C(Cc1ccc(-c2ccccn2)cc1)c1ccccc1. The fourth-order valence-electron chi connectivity index (χ4n) is 7.92. The Hall–Kier alpha value is -5.95. The van der Waals surface area contributed by atoms with Crippen molar-refractivity contribution in [3.05, 3.63) is 120 Å². The summed E-state index contributed by atoms with van der Waals surface area (Å²) in [7, 11) is 2.89. The first-order chi connectivity index (χ1) is 29.1. The molecule has 4 unspecified atom stereocenters. The second-order valence-corrected chi connectivity index (χ2v) is 17.6. The van der Waals surface area contributed by atoms with Crippen molar-refractivity contribution in [3.8, 4) is 17.0 Å². The molecule has 0 saturated carbocycles. The van der Waals surface area contributed by atoms with Crippen LogP contribution in [0.2, 0.25) is 0 Å². The molecular weight excluding hydrogens is 773 g/mol. The van der Waals surface area contributed by atoms with Gasteiger partial charge in [0.1, 0.15) is 11.8 Å². The molecule has 4 N–H and O–H groups in total. The number of pyridine rings is 1. The van der Waals surface area contributed by atoms with Gasteiger partial charge >= 0.3 is 12.1 Å². The van der Waals surface area contributed by atoms with Gasteiger partial charge in [-0.15, -0.1) is 0 Å². The van der Waals surface area contributed by atoms with Crippen LogP contribution in [0.3, 0.4) is 0 Å². The highest BCUT2D eigenvalue weighted by molar-refractivity contribution is 5.89. The lowest BCUT2D eigenvalue weighted by Crippen LogP contribution is -2.59. The normalized spacial score (nSPS) is 15.0. The maximum absolute atomic E-state index is 14.9. The summed E-state index contributed by atoms with van der Waals surface area (Å²) >= 11 is 0. The number of urea groups is 1. The summed E-state index contributed by atoms with van der Waals surface area (Å²) in [6.07, 6.45) is 0.815. The van der Waals surface area contributed by atoms with Crippen molar-refractivity contribution in [1.82, 2.24) is 30.7 Å². The zero-order chi connectivity index (χ0) is 44.2. The summed E-state index contributed by atoms with van der Waals surface area (Å²) < 4.78 is 10.1. The maximum atomic E-state index is 14.9. The van der Waals surface area contributed by atoms with Gasteiger partial charge in [0, 0.05) is 56.8 Å². The Morgan fingerprint density at radius 3 is 2.23 bits per heavy atom. The number of carbonyl (C=O) groups excluding carboxylic acids is 4. The van der Waals surface area contributed by atoms with Crippen molar-refractivity contribution in [2.75, 3.05) is 40.4 Å². The third kappa shape index (κ3) is 13.0. The highest BCUT2D eigenvalue weighted by atomic mass is 16.5. The molecule has 1 saturated heterocycles. The van der Waals surface area contributed by atoms with E-state index in [0.717, 1.165) is 27.9 Å². The monoisotopic (exact) mass is 834 g/mol. The highest BCUT2D eigenvalue weighted by Gasteiger charge is 2.45. The topological polar surface area (TPSA) is 162 Å². The lowest BCUT2D eigenvalue weighted by atomic mass is 9.81. The number of aliphatic hydroxyl groups excluding tert-OH is 1. The van der Waals surface area contributed by atoms with Crippen LogP contribution in [-0.4, -0.2) is 102 Å². The molecule has 0 radical (unpaired) electrons. The average Bonchev–Trinajstić information content (AvgIpc) is 3.58. The maximum Gasteiger partial charge on any atom is 0.406 e. The summed E-state index contributed by atoms with van der Waals surface area (Å²) in [5, 5.41) is 21.0. The molecule has 13 heteroatoms. The lowest BCUT2D eigenvalue weighted by molar-refractivity contribution is -0.130. The predicted octanol–water partition coefficient (Wildman–Crippen LogP) is 6.56. The molecule has 61 heavy (non-hydrogen) atoms. The number of aliphatic hydroxyl groups is 1. The molecule has 0 aliphatic carbocycles. The van der Waals surface area contributed by atoms with Gasteiger partial charge in [-0.05, 0) is 64.6 Å². The number of alkyl carbamates (subject to hydrolysis) is 1. The Bertz CT molecular complexity index is 2060. The zero-order valence-corrected chi connectivity index (χ0v) is 36.5. The van der Waals surface area contributed by atoms with Crippen LogP contribution in [0.25, 0.3) is 11.3 Å². The van der Waals surface area contributed by atoms with Crippen LogP contribution in [0, 0.1) is 10.8 Å². The second kappa shape index (κ2) is 21.0. The van der Waals surface area contributed by atoms with E-state index in [4.69, 9.17) is 4.74 Å². The first-order valence-corrected chi connectivity index (χ1v) is 20.9. The third-order valence-corrected chi connectivity index (χ3v) is 11.1. The molecule has 0 bridgehead atoms. The Labute approximate surface area is 360 Å².